The minimum atomic E-state index is -3.84. The molecule has 826 valence electrons. The summed E-state index contributed by atoms with van der Waals surface area (Å²) in [5.41, 5.74) is 19.5. The van der Waals surface area contributed by atoms with Crippen LogP contribution < -0.4 is 36.8 Å². The lowest BCUT2D eigenvalue weighted by Crippen LogP contribution is -2.63. The van der Waals surface area contributed by atoms with E-state index in [-0.39, 0.29) is 63.2 Å². The van der Waals surface area contributed by atoms with Crippen LogP contribution in [0, 0.1) is 34.7 Å². The van der Waals surface area contributed by atoms with Crippen molar-refractivity contribution in [1.29, 1.82) is 11.1 Å². The van der Waals surface area contributed by atoms with Gasteiger partial charge in [0.1, 0.15) is 53.0 Å². The zero-order valence-electron chi connectivity index (χ0n) is 84.3. The Balaban J connectivity index is 0.000000466. The minimum absolute atomic E-state index is 0.0901. The van der Waals surface area contributed by atoms with Crippen LogP contribution in [0.15, 0.2) is 198 Å². The molecule has 38 atom stereocenters. The molecule has 4 amide bonds. The molecule has 147 heavy (non-hydrogen) atoms. The summed E-state index contributed by atoms with van der Waals surface area (Å²) in [4.78, 5) is 59.3. The summed E-state index contributed by atoms with van der Waals surface area (Å²) in [6.07, 6.45) is 12.8. The van der Waals surface area contributed by atoms with E-state index >= 15 is 0 Å². The molecule has 0 saturated carbocycles. The minimum Gasteiger partial charge on any atom is -0.462 e. The molecule has 48 heteroatoms. The van der Waals surface area contributed by atoms with Gasteiger partial charge in [-0.05, 0) is 66.2 Å². The summed E-state index contributed by atoms with van der Waals surface area (Å²) >= 11 is 0. The van der Waals surface area contributed by atoms with Gasteiger partial charge in [0.25, 0.3) is 4.52 Å². The standard InChI is InChI=1S/C48H75N5O16.C48H77N3O16.C3H4N5O2S/c1-28-18-16-14-12-10-8-6-7-9-11-13-15-17-19-35(68-46-45(63)42(52-53-49)44(62)31(4)67-46)25-39-41(51-47(64)50-5)38(59)27-48(65,69-39)26-34(56)23-37(58)36(57)21-20-32(54)22-33(55)24-40(60)66-30(3)29(2)43(28)61;1-28-18-16-14-12-10-8-6-7-9-11-13-15-17-19-35(66-46-45(61)41(49)44(60)31(4)65-46)25-39-42(51-47(62)50-5)38(57)27-48(63,67-39)26-34(54)23-37(56)36(55)21-20-32(52)22-33(53)24-40(58)64-30(3)29(2)43(28)59;4-6-7-11(9,10)8-2-1-5-3-8/h6-19,28-39,41-46,49,54-59,61-63,65H,20-27H2,1-5H3,(H-,50,51,64);6-19,28-39,41-46,52-57,59-61,63H,20-27,49H2,1-5H3,(H2,50,51,62);1-4H/q;;+1/p+1/b2*7-6+,10-8+,11-9+,14-12+,15-13+,18-16+,19-17+;/t28-,29-,30-,31+,32+,33+,34-,35-,36+,37+,38-,39?,41+,42-,43?,44+,45-,46-,48+;28-,29-,30-,31+,32+,33+,34-,35-,36+,37+,38-,39?,41-,42+,43?,44+,45-,46-,48+;/m00./s1. The van der Waals surface area contributed by atoms with Gasteiger partial charge in [-0.3, -0.25) is 9.59 Å². The summed E-state index contributed by atoms with van der Waals surface area (Å²) in [5, 5.41) is 232. The molecule has 0 spiro atoms. The molecule has 0 aromatic carbocycles. The maximum absolute atomic E-state index is 12.7. The lowest BCUT2D eigenvalue weighted by atomic mass is 9.87. The molecule has 4 fully saturated rings. The van der Waals surface area contributed by atoms with E-state index in [0.29, 0.717) is 0 Å². The van der Waals surface area contributed by atoms with E-state index in [9.17, 15) is 130 Å². The molecule has 7 rings (SSSR count). The third-order valence-corrected chi connectivity index (χ3v) is 26.6. The van der Waals surface area contributed by atoms with Crippen LogP contribution in [0.25, 0.3) is 0 Å². The van der Waals surface area contributed by atoms with Crippen LogP contribution in [0.2, 0.25) is 0 Å². The van der Waals surface area contributed by atoms with E-state index in [1.165, 1.54) is 33.4 Å². The highest BCUT2D eigenvalue weighted by Crippen LogP contribution is 2.39. The molecular formula is C99H157N13O34S+2. The first-order chi connectivity index (χ1) is 69.5. The number of aliphatic hydroxyl groups excluding tert-OH is 18. The van der Waals surface area contributed by atoms with Crippen molar-refractivity contribution in [2.24, 2.45) is 39.0 Å². The zero-order chi connectivity index (χ0) is 109. The van der Waals surface area contributed by atoms with E-state index in [1.54, 1.807) is 144 Å². The molecule has 4 unspecified atom stereocenters. The predicted molar refractivity (Wildman–Crippen MR) is 531 cm³/mol. The molecule has 1 aromatic rings. The number of nitrogens with zero attached hydrogens (tertiary/aromatic N) is 6. The molecule has 4 saturated heterocycles. The molecule has 6 aliphatic heterocycles. The number of imidazole rings is 1. The van der Waals surface area contributed by atoms with Crippen LogP contribution in [0.3, 0.4) is 0 Å². The molecule has 28 N–H and O–H groups in total. The number of carbonyl (C=O) groups is 4. The Kier molecular flexibility index (Phi) is 57.1. The smallest absolute Gasteiger partial charge is 0.421 e. The SMILES string of the molecule is CNC(=O)N[C@H]1C2C[C@@H](O[C@@H]3O[C@H](C)[C@@H](O)[C@H](N)[C@@H]3O)/C=C/C=C/C=C/C=C/C=C/C=C/C=C/[C@H](C)C(O)[C@@H](C)[C@H](C)OC(=O)C[C@H](O)C[C@H](O)CC[C@@H](O)[C@H](O)C[C@H](O)C[C@](O)(C[C@@H]1O)O2.CNC(=O)N[C@H]1C2C[C@@H](O[C@@H]3O[C@H](C)[C@@H](O)[C@H](N=[N+]=N)[C@@H]3O)/C=C/C=C/C=C/C=C/C=C/C=C/C=C/[C@H](C)C(O)[C@@H](C)[C@H](C)OC(=O)C[C@H](O)C[C@H](O)CC[C@@H](O)[C@H](O)C[C@H](O)C[C@](O)(C[C@@H]1O)O2.N=[N+]=NS(=O)(=O)n1ccnc1. The van der Waals surface area contributed by atoms with Crippen molar-refractivity contribution in [2.45, 2.75) is 365 Å². The average Bonchev–Trinajstić information content (AvgIpc) is 1.15. The third kappa shape index (κ3) is 45.7. The molecule has 0 aliphatic carbocycles. The van der Waals surface area contributed by atoms with E-state index in [2.05, 4.69) is 45.7 Å². The molecule has 7 heterocycles. The number of urea groups is 2. The van der Waals surface area contributed by atoms with Crippen LogP contribution in [-0.2, 0) is 57.7 Å². The largest absolute Gasteiger partial charge is 0.462 e. The van der Waals surface area contributed by atoms with E-state index in [0.717, 1.165) is 10.3 Å². The van der Waals surface area contributed by atoms with Gasteiger partial charge in [-0.2, -0.15) is 8.42 Å². The number of allylic oxidation sites excluding steroid dienone is 24. The van der Waals surface area contributed by atoms with Crippen LogP contribution >= 0.6 is 0 Å². The van der Waals surface area contributed by atoms with E-state index in [4.69, 9.17) is 54.7 Å². The number of ether oxygens (including phenoxy) is 8. The number of aromatic nitrogens is 2. The lowest BCUT2D eigenvalue weighted by Gasteiger charge is -2.46. The fraction of sp³-hybridized carbons (Fsp3) is 0.646. The summed E-state index contributed by atoms with van der Waals surface area (Å²) < 4.78 is 72.3. The summed E-state index contributed by atoms with van der Waals surface area (Å²) in [5.74, 6) is -7.41. The summed E-state index contributed by atoms with van der Waals surface area (Å²) in [6, 6.07) is -6.08. The number of hydrogen-bond donors (Lipinski definition) is 27. The highest BCUT2D eigenvalue weighted by atomic mass is 32.2. The second-order valence-electron chi connectivity index (χ2n) is 37.6. The Hall–Kier alpha value is -9.46. The topological polar surface area (TPSA) is 773 Å². The Morgan fingerprint density at radius 1 is 0.435 bits per heavy atom. The Bertz CT molecular complexity index is 4760. The van der Waals surface area contributed by atoms with Crippen LogP contribution in [0.1, 0.15) is 158 Å². The Labute approximate surface area is 856 Å². The van der Waals surface area contributed by atoms with E-state index < -0.39 is 304 Å². The van der Waals surface area contributed by atoms with Crippen molar-refractivity contribution in [3.05, 3.63) is 189 Å². The number of carbonyl (C=O) groups excluding carboxylic acids is 4. The van der Waals surface area contributed by atoms with E-state index in [1.807, 2.05) is 74.6 Å². The molecule has 47 nitrogen and oxygen atoms in total. The van der Waals surface area contributed by atoms with Crippen LogP contribution in [0.4, 0.5) is 9.59 Å². The maximum Gasteiger partial charge on any atom is 0.421 e. The van der Waals surface area contributed by atoms with Gasteiger partial charge in [0, 0.05) is 102 Å². The van der Waals surface area contributed by atoms with Crippen LogP contribution in [-0.4, -0.2) is 365 Å². The lowest BCUT2D eigenvalue weighted by molar-refractivity contribution is -0.303. The first-order valence-electron chi connectivity index (χ1n) is 49.0. The molecule has 4 bridgehead atoms. The molecule has 6 aliphatic rings. The van der Waals surface area contributed by atoms with Crippen molar-refractivity contribution in [1.82, 2.24) is 40.0 Å². The van der Waals surface area contributed by atoms with Crippen LogP contribution in [0.5, 0.6) is 0 Å². The second kappa shape index (κ2) is 65.6. The number of esters is 2. The van der Waals surface area contributed by atoms with Gasteiger partial charge < -0.3 is 167 Å². The molecule has 0 radical (unpaired) electrons. The van der Waals surface area contributed by atoms with Gasteiger partial charge in [-0.15, -0.1) is 0 Å². The summed E-state index contributed by atoms with van der Waals surface area (Å²) in [7, 11) is -1.12. The maximum atomic E-state index is 12.7. The number of hydrogen-bond acceptors (Lipinski definition) is 39. The number of nitrogens with two attached hydrogens (primary N) is 1. The quantitative estimate of drug-likeness (QED) is 0.0921. The van der Waals surface area contributed by atoms with Crippen molar-refractivity contribution in [3.63, 3.8) is 0 Å². The number of nitrogens with one attached hydrogen (secondary N) is 6. The number of amides is 4. The highest BCUT2D eigenvalue weighted by Gasteiger charge is 2.53. The van der Waals surface area contributed by atoms with Gasteiger partial charge in [-0.1, -0.05) is 198 Å². The van der Waals surface area contributed by atoms with Crippen molar-refractivity contribution in [2.75, 3.05) is 14.1 Å². The van der Waals surface area contributed by atoms with Gasteiger partial charge in [-0.25, -0.2) is 18.5 Å². The Morgan fingerprint density at radius 2 is 0.789 bits per heavy atom. The summed E-state index contributed by atoms with van der Waals surface area (Å²) in [6.45, 7) is 13.5. The predicted octanol–water partition coefficient (Wildman–Crippen LogP) is 0.735. The normalized spacial score (nSPS) is 41.3. The fourth-order valence-electron chi connectivity index (χ4n) is 16.7. The van der Waals surface area contributed by atoms with Crippen molar-refractivity contribution < 1.29 is 168 Å². The molecular weight excluding hydrogens is 1950 g/mol. The van der Waals surface area contributed by atoms with Crippen molar-refractivity contribution >= 4 is 34.2 Å². The number of aliphatic hydroxyl groups is 20. The first-order valence-corrected chi connectivity index (χ1v) is 50.4. The molecule has 1 aromatic heterocycles. The second-order valence-corrected chi connectivity index (χ2v) is 39.1. The third-order valence-electron chi connectivity index (χ3n) is 25.5. The number of fused-ring (bicyclic) bond motifs is 4. The van der Waals surface area contributed by atoms with Crippen molar-refractivity contribution in [3.8, 4) is 0 Å². The average molecular weight is 2110 g/mol. The number of cyclic esters (lactones) is 2. The fourth-order valence-corrected chi connectivity index (χ4v) is 17.3. The monoisotopic (exact) mass is 2100 g/mol. The van der Waals surface area contributed by atoms with Gasteiger partial charge in [0.2, 0.25) is 9.82 Å². The zero-order valence-corrected chi connectivity index (χ0v) is 85.1. The van der Waals surface area contributed by atoms with Gasteiger partial charge in [0.15, 0.2) is 30.2 Å². The Morgan fingerprint density at radius 3 is 1.14 bits per heavy atom. The van der Waals surface area contributed by atoms with Gasteiger partial charge in [0.05, 0.1) is 159 Å². The first kappa shape index (κ1) is 128. The van der Waals surface area contributed by atoms with Gasteiger partial charge >= 0.3 is 34.2 Å². The number of rotatable bonds is 9. The highest BCUT2D eigenvalue weighted by molar-refractivity contribution is 7.88.